The van der Waals surface area contributed by atoms with E-state index in [4.69, 9.17) is 9.47 Å². The van der Waals surface area contributed by atoms with Gasteiger partial charge in [-0.05, 0) is 43.9 Å². The minimum atomic E-state index is -0.491. The highest BCUT2D eigenvalue weighted by Gasteiger charge is 2.18. The Labute approximate surface area is 130 Å². The van der Waals surface area contributed by atoms with E-state index in [0.717, 1.165) is 22.9 Å². The van der Waals surface area contributed by atoms with Crippen molar-refractivity contribution in [2.24, 2.45) is 5.92 Å². The van der Waals surface area contributed by atoms with E-state index in [1.54, 1.807) is 0 Å². The Hall–Kier alpha value is -0.740. The van der Waals surface area contributed by atoms with Gasteiger partial charge in [0.1, 0.15) is 0 Å². The van der Waals surface area contributed by atoms with Crippen molar-refractivity contribution in [1.29, 1.82) is 0 Å². The first kappa shape index (κ1) is 17.3. The second-order valence-electron chi connectivity index (χ2n) is 4.95. The number of ether oxygens (including phenoxy) is 2. The van der Waals surface area contributed by atoms with E-state index in [1.165, 1.54) is 0 Å². The van der Waals surface area contributed by atoms with E-state index in [-0.39, 0.29) is 0 Å². The molecule has 0 amide bonds. The molecule has 0 spiro atoms. The van der Waals surface area contributed by atoms with Gasteiger partial charge in [-0.15, -0.1) is 0 Å². The van der Waals surface area contributed by atoms with Gasteiger partial charge < -0.3 is 14.6 Å². The predicted octanol–water partition coefficient (Wildman–Crippen LogP) is 4.72. The standard InChI is InChI=1S/C16H25BrO3/c1-5-11(4)8-14(18)12-9-15(19-6-2)16(20-7-3)10-13(12)17/h9-11,14,18H,5-8H2,1-4H3. The van der Waals surface area contributed by atoms with Crippen LogP contribution < -0.4 is 9.47 Å². The molecule has 0 heterocycles. The molecule has 0 aliphatic carbocycles. The Bertz CT molecular complexity index is 420. The second kappa shape index (κ2) is 8.53. The molecule has 1 aromatic carbocycles. The molecule has 2 atom stereocenters. The van der Waals surface area contributed by atoms with E-state index in [0.29, 0.717) is 30.6 Å². The molecule has 3 nitrogen and oxygen atoms in total. The summed E-state index contributed by atoms with van der Waals surface area (Å²) >= 11 is 3.52. The Morgan fingerprint density at radius 3 is 2.15 bits per heavy atom. The molecule has 0 aliphatic rings. The van der Waals surface area contributed by atoms with Gasteiger partial charge in [0.05, 0.1) is 19.3 Å². The maximum atomic E-state index is 10.4. The van der Waals surface area contributed by atoms with Crippen molar-refractivity contribution in [1.82, 2.24) is 0 Å². The fourth-order valence-electron chi connectivity index (χ4n) is 2.02. The van der Waals surface area contributed by atoms with E-state index < -0.39 is 6.10 Å². The van der Waals surface area contributed by atoms with Gasteiger partial charge in [-0.2, -0.15) is 0 Å². The smallest absolute Gasteiger partial charge is 0.162 e. The van der Waals surface area contributed by atoms with Gasteiger partial charge in [0.15, 0.2) is 11.5 Å². The highest BCUT2D eigenvalue weighted by Crippen LogP contribution is 2.38. The number of halogens is 1. The maximum Gasteiger partial charge on any atom is 0.162 e. The van der Waals surface area contributed by atoms with Gasteiger partial charge in [-0.1, -0.05) is 36.2 Å². The van der Waals surface area contributed by atoms with Crippen LogP contribution in [-0.2, 0) is 0 Å². The van der Waals surface area contributed by atoms with Crippen LogP contribution in [0.15, 0.2) is 16.6 Å². The molecule has 1 rings (SSSR count). The van der Waals surface area contributed by atoms with E-state index in [9.17, 15) is 5.11 Å². The van der Waals surface area contributed by atoms with Crippen molar-refractivity contribution in [3.8, 4) is 11.5 Å². The van der Waals surface area contributed by atoms with Gasteiger partial charge in [0.25, 0.3) is 0 Å². The molecule has 0 saturated carbocycles. The van der Waals surface area contributed by atoms with Crippen LogP contribution in [0.2, 0.25) is 0 Å². The first-order valence-electron chi connectivity index (χ1n) is 7.30. The van der Waals surface area contributed by atoms with Crippen LogP contribution in [0.1, 0.15) is 52.2 Å². The van der Waals surface area contributed by atoms with Crippen LogP contribution in [0.5, 0.6) is 11.5 Å². The van der Waals surface area contributed by atoms with E-state index in [1.807, 2.05) is 26.0 Å². The summed E-state index contributed by atoms with van der Waals surface area (Å²) in [5.74, 6) is 1.88. The van der Waals surface area contributed by atoms with Gasteiger partial charge >= 0.3 is 0 Å². The van der Waals surface area contributed by atoms with Crippen LogP contribution in [0.3, 0.4) is 0 Å². The molecule has 0 fully saturated rings. The van der Waals surface area contributed by atoms with Crippen molar-refractivity contribution < 1.29 is 14.6 Å². The third-order valence-corrected chi connectivity index (χ3v) is 4.03. The summed E-state index contributed by atoms with van der Waals surface area (Å²) in [7, 11) is 0. The maximum absolute atomic E-state index is 10.4. The van der Waals surface area contributed by atoms with Crippen molar-refractivity contribution in [2.75, 3.05) is 13.2 Å². The van der Waals surface area contributed by atoms with Crippen LogP contribution >= 0.6 is 15.9 Å². The zero-order valence-corrected chi connectivity index (χ0v) is 14.4. The molecule has 2 unspecified atom stereocenters. The monoisotopic (exact) mass is 344 g/mol. The average molecular weight is 345 g/mol. The first-order valence-corrected chi connectivity index (χ1v) is 8.09. The lowest BCUT2D eigenvalue weighted by Gasteiger charge is -2.19. The average Bonchev–Trinajstić information content (AvgIpc) is 2.41. The molecule has 0 saturated heterocycles. The van der Waals surface area contributed by atoms with E-state index >= 15 is 0 Å². The fraction of sp³-hybridized carbons (Fsp3) is 0.625. The van der Waals surface area contributed by atoms with Gasteiger partial charge in [-0.3, -0.25) is 0 Å². The lowest BCUT2D eigenvalue weighted by atomic mass is 9.96. The summed E-state index contributed by atoms with van der Waals surface area (Å²) in [6.45, 7) is 9.32. The quantitative estimate of drug-likeness (QED) is 0.741. The second-order valence-corrected chi connectivity index (χ2v) is 5.81. The third kappa shape index (κ3) is 4.67. The molecular formula is C16H25BrO3. The Morgan fingerprint density at radius 1 is 1.10 bits per heavy atom. The number of hydrogen-bond donors (Lipinski definition) is 1. The summed E-state index contributed by atoms with van der Waals surface area (Å²) < 4.78 is 12.0. The summed E-state index contributed by atoms with van der Waals surface area (Å²) in [5.41, 5.74) is 0.859. The molecule has 20 heavy (non-hydrogen) atoms. The molecular weight excluding hydrogens is 320 g/mol. The largest absolute Gasteiger partial charge is 0.490 e. The summed E-state index contributed by atoms with van der Waals surface area (Å²) in [4.78, 5) is 0. The molecule has 0 aliphatic heterocycles. The van der Waals surface area contributed by atoms with Crippen molar-refractivity contribution in [2.45, 2.75) is 46.6 Å². The van der Waals surface area contributed by atoms with E-state index in [2.05, 4.69) is 29.8 Å². The highest BCUT2D eigenvalue weighted by atomic mass is 79.9. The Morgan fingerprint density at radius 2 is 1.65 bits per heavy atom. The van der Waals surface area contributed by atoms with Crippen LogP contribution in [0.25, 0.3) is 0 Å². The zero-order valence-electron chi connectivity index (χ0n) is 12.8. The summed E-state index contributed by atoms with van der Waals surface area (Å²) in [5, 5.41) is 10.4. The number of aliphatic hydroxyl groups is 1. The highest BCUT2D eigenvalue weighted by molar-refractivity contribution is 9.10. The molecule has 1 aromatic rings. The predicted molar refractivity (Wildman–Crippen MR) is 85.5 cm³/mol. The van der Waals surface area contributed by atoms with Crippen molar-refractivity contribution in [3.05, 3.63) is 22.2 Å². The van der Waals surface area contributed by atoms with Gasteiger partial charge in [0, 0.05) is 4.47 Å². The van der Waals surface area contributed by atoms with Crippen LogP contribution in [-0.4, -0.2) is 18.3 Å². The number of benzene rings is 1. The lowest BCUT2D eigenvalue weighted by Crippen LogP contribution is -2.06. The SMILES string of the molecule is CCOc1cc(Br)c(C(O)CC(C)CC)cc1OCC. The molecule has 0 aromatic heterocycles. The Balaban J connectivity index is 3.04. The van der Waals surface area contributed by atoms with Gasteiger partial charge in [0.2, 0.25) is 0 Å². The first-order chi connectivity index (χ1) is 9.53. The van der Waals surface area contributed by atoms with Gasteiger partial charge in [-0.25, -0.2) is 0 Å². The van der Waals surface area contributed by atoms with Crippen LogP contribution in [0, 0.1) is 5.92 Å². The molecule has 0 radical (unpaired) electrons. The molecule has 0 bridgehead atoms. The van der Waals surface area contributed by atoms with Crippen LogP contribution in [0.4, 0.5) is 0 Å². The normalized spacial score (nSPS) is 13.9. The van der Waals surface area contributed by atoms with Crippen molar-refractivity contribution >= 4 is 15.9 Å². The molecule has 114 valence electrons. The number of aliphatic hydroxyl groups excluding tert-OH is 1. The topological polar surface area (TPSA) is 38.7 Å². The third-order valence-electron chi connectivity index (χ3n) is 3.34. The number of rotatable bonds is 8. The lowest BCUT2D eigenvalue weighted by molar-refractivity contribution is 0.145. The summed E-state index contributed by atoms with van der Waals surface area (Å²) in [6.07, 6.45) is 1.31. The number of hydrogen-bond acceptors (Lipinski definition) is 3. The fourth-order valence-corrected chi connectivity index (χ4v) is 2.60. The van der Waals surface area contributed by atoms with Crippen molar-refractivity contribution in [3.63, 3.8) is 0 Å². The summed E-state index contributed by atoms with van der Waals surface area (Å²) in [6, 6.07) is 3.76. The zero-order chi connectivity index (χ0) is 15.1. The molecule has 1 N–H and O–H groups in total. The molecule has 4 heteroatoms. The minimum absolute atomic E-state index is 0.485. The Kier molecular flexibility index (Phi) is 7.38. The minimum Gasteiger partial charge on any atom is -0.490 e.